The number of hydrogen-bond acceptors (Lipinski definition) is 3. The predicted octanol–water partition coefficient (Wildman–Crippen LogP) is 1.26. The number of carbonyl (C=O) groups is 1. The van der Waals surface area contributed by atoms with Gasteiger partial charge in [-0.1, -0.05) is 25.7 Å². The topological polar surface area (TPSA) is 63.2 Å². The van der Waals surface area contributed by atoms with Crippen molar-refractivity contribution in [1.29, 1.82) is 0 Å². The maximum Gasteiger partial charge on any atom is 0.221 e. The van der Waals surface area contributed by atoms with Crippen molar-refractivity contribution in [2.75, 3.05) is 11.5 Å². The molecule has 1 aliphatic carbocycles. The summed E-state index contributed by atoms with van der Waals surface area (Å²) in [5, 5.41) is 2.91. The molecule has 2 rings (SSSR count). The van der Waals surface area contributed by atoms with Gasteiger partial charge in [-0.3, -0.25) is 4.79 Å². The molecule has 1 amide bonds. The molecule has 0 bridgehead atoms. The van der Waals surface area contributed by atoms with Crippen LogP contribution in [0.2, 0.25) is 0 Å². The van der Waals surface area contributed by atoms with Crippen molar-refractivity contribution in [1.82, 2.24) is 5.32 Å². The Hall–Kier alpha value is -0.580. The van der Waals surface area contributed by atoms with Crippen LogP contribution in [0.4, 0.5) is 0 Å². The number of nitrogens with one attached hydrogen (secondary N) is 1. The van der Waals surface area contributed by atoms with Gasteiger partial charge in [0.2, 0.25) is 5.91 Å². The first-order valence-electron chi connectivity index (χ1n) is 6.57. The minimum Gasteiger partial charge on any atom is -0.352 e. The van der Waals surface area contributed by atoms with E-state index < -0.39 is 9.84 Å². The Balaban J connectivity index is 2.08. The van der Waals surface area contributed by atoms with E-state index in [2.05, 4.69) is 5.32 Å². The van der Waals surface area contributed by atoms with Crippen LogP contribution in [0.1, 0.15) is 44.9 Å². The molecule has 2 fully saturated rings. The van der Waals surface area contributed by atoms with Gasteiger partial charge in [0.25, 0.3) is 0 Å². The molecule has 1 heterocycles. The maximum absolute atomic E-state index is 11.8. The lowest BCUT2D eigenvalue weighted by Gasteiger charge is -2.25. The Labute approximate surface area is 103 Å². The fourth-order valence-corrected chi connectivity index (χ4v) is 4.46. The summed E-state index contributed by atoms with van der Waals surface area (Å²) in [6, 6.07) is -0.145. The molecule has 0 aromatic heterocycles. The molecule has 2 aliphatic rings. The lowest BCUT2D eigenvalue weighted by Crippen LogP contribution is -2.42. The fraction of sp³-hybridized carbons (Fsp3) is 0.917. The first-order valence-corrected chi connectivity index (χ1v) is 8.39. The van der Waals surface area contributed by atoms with Gasteiger partial charge in [0, 0.05) is 12.5 Å². The summed E-state index contributed by atoms with van der Waals surface area (Å²) >= 11 is 0. The van der Waals surface area contributed by atoms with E-state index in [9.17, 15) is 13.2 Å². The van der Waals surface area contributed by atoms with Crippen LogP contribution in [-0.2, 0) is 14.6 Å². The molecule has 1 atom stereocenters. The van der Waals surface area contributed by atoms with Crippen LogP contribution in [0.25, 0.3) is 0 Å². The summed E-state index contributed by atoms with van der Waals surface area (Å²) in [6.07, 6.45) is 7.05. The number of amides is 1. The summed E-state index contributed by atoms with van der Waals surface area (Å²) in [7, 11) is -3.05. The largest absolute Gasteiger partial charge is 0.352 e. The summed E-state index contributed by atoms with van der Waals surface area (Å²) in [5.74, 6) is 0.417. The molecule has 0 spiro atoms. The van der Waals surface area contributed by atoms with Gasteiger partial charge < -0.3 is 5.32 Å². The van der Waals surface area contributed by atoms with Crippen LogP contribution in [-0.4, -0.2) is 31.9 Å². The van der Waals surface area contributed by atoms with E-state index in [1.807, 2.05) is 0 Å². The molecule has 1 N–H and O–H groups in total. The summed E-state index contributed by atoms with van der Waals surface area (Å²) in [5.41, 5.74) is 0. The maximum atomic E-state index is 11.8. The van der Waals surface area contributed by atoms with Crippen molar-refractivity contribution in [3.63, 3.8) is 0 Å². The van der Waals surface area contributed by atoms with E-state index in [0.29, 0.717) is 5.92 Å². The van der Waals surface area contributed by atoms with E-state index in [-0.39, 0.29) is 29.9 Å². The molecule has 98 valence electrons. The van der Waals surface area contributed by atoms with Crippen LogP contribution >= 0.6 is 0 Å². The minimum absolute atomic E-state index is 0.0159. The molecule has 0 aromatic rings. The summed E-state index contributed by atoms with van der Waals surface area (Å²) < 4.78 is 23.5. The second-order valence-corrected chi connectivity index (χ2v) is 7.52. The first kappa shape index (κ1) is 12.9. The normalized spacial score (nSPS) is 31.3. The molecular formula is C12H21NO3S. The van der Waals surface area contributed by atoms with Gasteiger partial charge in [0.1, 0.15) is 0 Å². The average molecular weight is 259 g/mol. The lowest BCUT2D eigenvalue weighted by atomic mass is 9.93. The standard InChI is InChI=1S/C12H21NO3S/c14-12-7-8-17(15,16)9-11(13-12)10-5-3-1-2-4-6-10/h10-11H,1-9H2,(H,13,14). The molecule has 1 aliphatic heterocycles. The van der Waals surface area contributed by atoms with Crippen LogP contribution in [0.3, 0.4) is 0 Å². The number of hydrogen-bond donors (Lipinski definition) is 1. The molecule has 0 radical (unpaired) electrons. The summed E-state index contributed by atoms with van der Waals surface area (Å²) in [4.78, 5) is 11.5. The average Bonchev–Trinajstić information content (AvgIpc) is 2.59. The molecule has 5 heteroatoms. The molecule has 17 heavy (non-hydrogen) atoms. The highest BCUT2D eigenvalue weighted by Gasteiger charge is 2.31. The lowest BCUT2D eigenvalue weighted by molar-refractivity contribution is -0.121. The second kappa shape index (κ2) is 5.38. The SMILES string of the molecule is O=C1CCS(=O)(=O)CC(C2CCCCCC2)N1. The molecule has 0 aromatic carbocycles. The Kier molecular flexibility index (Phi) is 4.07. The van der Waals surface area contributed by atoms with E-state index in [4.69, 9.17) is 0 Å². The zero-order valence-corrected chi connectivity index (χ0v) is 11.0. The molecule has 4 nitrogen and oxygen atoms in total. The highest BCUT2D eigenvalue weighted by atomic mass is 32.2. The minimum atomic E-state index is -3.05. The van der Waals surface area contributed by atoms with Crippen molar-refractivity contribution in [2.24, 2.45) is 5.92 Å². The van der Waals surface area contributed by atoms with Gasteiger partial charge in [-0.05, 0) is 18.8 Å². The third kappa shape index (κ3) is 3.69. The monoisotopic (exact) mass is 259 g/mol. The number of sulfone groups is 1. The van der Waals surface area contributed by atoms with Gasteiger partial charge in [0.15, 0.2) is 9.84 Å². The molecule has 1 saturated heterocycles. The van der Waals surface area contributed by atoms with E-state index in [1.54, 1.807) is 0 Å². The van der Waals surface area contributed by atoms with E-state index >= 15 is 0 Å². The van der Waals surface area contributed by atoms with Crippen molar-refractivity contribution >= 4 is 15.7 Å². The molecular weight excluding hydrogens is 238 g/mol. The van der Waals surface area contributed by atoms with Gasteiger partial charge in [-0.25, -0.2) is 8.42 Å². The van der Waals surface area contributed by atoms with Crippen molar-refractivity contribution in [3.8, 4) is 0 Å². The van der Waals surface area contributed by atoms with E-state index in [0.717, 1.165) is 25.7 Å². The van der Waals surface area contributed by atoms with Crippen LogP contribution in [0.5, 0.6) is 0 Å². The predicted molar refractivity (Wildman–Crippen MR) is 66.4 cm³/mol. The highest BCUT2D eigenvalue weighted by molar-refractivity contribution is 7.91. The van der Waals surface area contributed by atoms with Crippen LogP contribution in [0, 0.1) is 5.92 Å². The van der Waals surface area contributed by atoms with Gasteiger partial charge >= 0.3 is 0 Å². The highest BCUT2D eigenvalue weighted by Crippen LogP contribution is 2.27. The Morgan fingerprint density at radius 1 is 1.06 bits per heavy atom. The van der Waals surface area contributed by atoms with Gasteiger partial charge in [-0.2, -0.15) is 0 Å². The van der Waals surface area contributed by atoms with Gasteiger partial charge in [-0.15, -0.1) is 0 Å². The molecule has 1 unspecified atom stereocenters. The Bertz CT molecular complexity index is 369. The Morgan fingerprint density at radius 3 is 2.35 bits per heavy atom. The second-order valence-electron chi connectivity index (χ2n) is 5.29. The zero-order chi connectivity index (χ0) is 12.3. The first-order chi connectivity index (χ1) is 8.07. The van der Waals surface area contributed by atoms with Crippen molar-refractivity contribution in [2.45, 2.75) is 51.0 Å². The van der Waals surface area contributed by atoms with Crippen LogP contribution < -0.4 is 5.32 Å². The third-order valence-electron chi connectivity index (χ3n) is 3.89. The van der Waals surface area contributed by atoms with Crippen molar-refractivity contribution in [3.05, 3.63) is 0 Å². The zero-order valence-electron chi connectivity index (χ0n) is 10.2. The Morgan fingerprint density at radius 2 is 1.71 bits per heavy atom. The smallest absolute Gasteiger partial charge is 0.221 e. The van der Waals surface area contributed by atoms with Crippen LogP contribution in [0.15, 0.2) is 0 Å². The number of rotatable bonds is 1. The fourth-order valence-electron chi connectivity index (χ4n) is 2.89. The number of carbonyl (C=O) groups excluding carboxylic acids is 1. The summed E-state index contributed by atoms with van der Waals surface area (Å²) in [6.45, 7) is 0. The van der Waals surface area contributed by atoms with E-state index in [1.165, 1.54) is 12.8 Å². The third-order valence-corrected chi connectivity index (χ3v) is 5.58. The quantitative estimate of drug-likeness (QED) is 0.721. The van der Waals surface area contributed by atoms with Gasteiger partial charge in [0.05, 0.1) is 11.5 Å². The molecule has 1 saturated carbocycles. The van der Waals surface area contributed by atoms with Crippen molar-refractivity contribution < 1.29 is 13.2 Å².